The maximum atomic E-state index is 13.7. The number of carboxylic acid groups (broad SMARTS) is 1. The van der Waals surface area contributed by atoms with Crippen LogP contribution in [0.1, 0.15) is 30.1 Å². The number of carbonyl (C=O) groups is 1. The summed E-state index contributed by atoms with van der Waals surface area (Å²) in [6.07, 6.45) is 3.41. The van der Waals surface area contributed by atoms with Crippen LogP contribution < -0.4 is 4.74 Å². The summed E-state index contributed by atoms with van der Waals surface area (Å²) in [5.74, 6) is -1.37. The highest BCUT2D eigenvalue weighted by Gasteiger charge is 2.34. The number of carboxylic acids is 1. The Labute approximate surface area is 205 Å². The summed E-state index contributed by atoms with van der Waals surface area (Å²) in [5.41, 5.74) is 1.41. The number of fused-ring (bicyclic) bond motifs is 1. The molecule has 1 aliphatic carbocycles. The van der Waals surface area contributed by atoms with Gasteiger partial charge in [-0.1, -0.05) is 23.2 Å². The molecule has 0 saturated heterocycles. The Bertz CT molecular complexity index is 1360. The number of aromatic nitrogens is 2. The van der Waals surface area contributed by atoms with Gasteiger partial charge >= 0.3 is 5.97 Å². The standard InChI is InChI=1S/C22H20Cl2FN3O5S/c1-27(19-3-2-4-20-15(19)11-26-28(20)12-22(29)30)34(31,32)14-6-8-21(17(24)10-14)33-13-5-7-16(23)18(25)9-13/h5-11,19H,2-4,12H2,1H3,(H,29,30)/t19-/m1/s1. The van der Waals surface area contributed by atoms with Gasteiger partial charge in [0.2, 0.25) is 10.0 Å². The van der Waals surface area contributed by atoms with Crippen LogP contribution in [0, 0.1) is 5.82 Å². The minimum absolute atomic E-state index is 0.0310. The van der Waals surface area contributed by atoms with Crippen molar-refractivity contribution < 1.29 is 27.4 Å². The summed E-state index contributed by atoms with van der Waals surface area (Å²) < 4.78 is 48.6. The molecular formula is C22H20Cl2FN3O5S. The van der Waals surface area contributed by atoms with Gasteiger partial charge < -0.3 is 9.84 Å². The molecule has 12 heteroatoms. The van der Waals surface area contributed by atoms with Crippen molar-refractivity contribution in [1.29, 1.82) is 0 Å². The van der Waals surface area contributed by atoms with Gasteiger partial charge in [-0.2, -0.15) is 9.40 Å². The molecule has 0 bridgehead atoms. The number of nitrogens with zero attached hydrogens (tertiary/aromatic N) is 3. The van der Waals surface area contributed by atoms with Crippen LogP contribution in [-0.2, 0) is 27.8 Å². The highest BCUT2D eigenvalue weighted by Crippen LogP contribution is 2.38. The van der Waals surface area contributed by atoms with E-state index in [0.29, 0.717) is 24.8 Å². The van der Waals surface area contributed by atoms with Crippen LogP contribution in [0.25, 0.3) is 0 Å². The second-order valence-electron chi connectivity index (χ2n) is 7.80. The first-order chi connectivity index (χ1) is 16.1. The van der Waals surface area contributed by atoms with Crippen molar-refractivity contribution >= 4 is 39.2 Å². The third-order valence-electron chi connectivity index (χ3n) is 5.65. The molecule has 0 fully saturated rings. The van der Waals surface area contributed by atoms with Gasteiger partial charge in [-0.3, -0.25) is 9.48 Å². The molecule has 3 aromatic rings. The Hall–Kier alpha value is -2.66. The summed E-state index contributed by atoms with van der Waals surface area (Å²) in [6.45, 7) is -0.285. The minimum Gasteiger partial charge on any atom is -0.480 e. The van der Waals surface area contributed by atoms with E-state index in [1.807, 2.05) is 0 Å². The highest BCUT2D eigenvalue weighted by atomic mass is 35.5. The summed E-state index contributed by atoms with van der Waals surface area (Å²) >= 11 is 12.0. The Morgan fingerprint density at radius 2 is 2.03 bits per heavy atom. The molecule has 4 rings (SSSR count). The molecule has 0 aliphatic heterocycles. The van der Waals surface area contributed by atoms with Gasteiger partial charge in [0.05, 0.1) is 27.2 Å². The van der Waals surface area contributed by atoms with Crippen LogP contribution in [0.15, 0.2) is 47.5 Å². The molecule has 0 saturated carbocycles. The number of sulfonamides is 1. The lowest BCUT2D eigenvalue weighted by Crippen LogP contribution is -2.33. The van der Waals surface area contributed by atoms with Gasteiger partial charge in [0.15, 0.2) is 0 Å². The molecule has 1 aliphatic rings. The number of rotatable bonds is 7. The average Bonchev–Trinajstić information content (AvgIpc) is 3.19. The molecule has 1 N–H and O–H groups in total. The predicted molar refractivity (Wildman–Crippen MR) is 123 cm³/mol. The Kier molecular flexibility index (Phi) is 6.86. The van der Waals surface area contributed by atoms with Gasteiger partial charge in [-0.05, 0) is 49.6 Å². The van der Waals surface area contributed by atoms with Crippen molar-refractivity contribution in [3.8, 4) is 11.5 Å². The molecule has 34 heavy (non-hydrogen) atoms. The van der Waals surface area contributed by atoms with Crippen molar-refractivity contribution in [1.82, 2.24) is 14.1 Å². The minimum atomic E-state index is -3.96. The molecule has 0 unspecified atom stereocenters. The van der Waals surface area contributed by atoms with E-state index in [-0.39, 0.29) is 33.0 Å². The number of aliphatic carboxylic acids is 1. The first-order valence-electron chi connectivity index (χ1n) is 10.2. The normalized spacial score (nSPS) is 15.9. The third-order valence-corrected chi connectivity index (χ3v) is 8.12. The molecule has 0 spiro atoms. The predicted octanol–water partition coefficient (Wildman–Crippen LogP) is 4.90. The first-order valence-corrected chi connectivity index (χ1v) is 12.4. The average molecular weight is 528 g/mol. The molecule has 1 atom stereocenters. The summed E-state index contributed by atoms with van der Waals surface area (Å²) in [7, 11) is -2.49. The van der Waals surface area contributed by atoms with Gasteiger partial charge in [0, 0.05) is 24.4 Å². The molecule has 0 radical (unpaired) electrons. The van der Waals surface area contributed by atoms with Crippen molar-refractivity contribution in [2.24, 2.45) is 0 Å². The molecule has 2 aromatic carbocycles. The first kappa shape index (κ1) is 24.5. The van der Waals surface area contributed by atoms with Crippen LogP contribution in [-0.4, -0.2) is 40.6 Å². The van der Waals surface area contributed by atoms with Crippen LogP contribution >= 0.6 is 23.2 Å². The quantitative estimate of drug-likeness (QED) is 0.468. The molecule has 8 nitrogen and oxygen atoms in total. The summed E-state index contributed by atoms with van der Waals surface area (Å²) in [4.78, 5) is 11.1. The number of hydrogen-bond acceptors (Lipinski definition) is 5. The van der Waals surface area contributed by atoms with Crippen LogP contribution in [0.5, 0.6) is 11.5 Å². The number of ether oxygens (including phenoxy) is 1. The van der Waals surface area contributed by atoms with Gasteiger partial charge in [-0.15, -0.1) is 0 Å². The Morgan fingerprint density at radius 3 is 2.71 bits per heavy atom. The molecule has 180 valence electrons. The van der Waals surface area contributed by atoms with E-state index in [1.165, 1.54) is 52.6 Å². The smallest absolute Gasteiger partial charge is 0.325 e. The van der Waals surface area contributed by atoms with Gasteiger partial charge in [0.1, 0.15) is 23.9 Å². The zero-order valence-corrected chi connectivity index (χ0v) is 20.2. The molecule has 1 heterocycles. The second kappa shape index (κ2) is 9.53. The topological polar surface area (TPSA) is 102 Å². The van der Waals surface area contributed by atoms with Crippen molar-refractivity contribution in [2.75, 3.05) is 7.05 Å². The lowest BCUT2D eigenvalue weighted by molar-refractivity contribution is -0.137. The fourth-order valence-electron chi connectivity index (χ4n) is 3.96. The largest absolute Gasteiger partial charge is 0.480 e. The Balaban J connectivity index is 1.59. The molecule has 0 amide bonds. The van der Waals surface area contributed by atoms with Crippen LogP contribution in [0.4, 0.5) is 4.39 Å². The lowest BCUT2D eigenvalue weighted by atomic mass is 9.93. The summed E-state index contributed by atoms with van der Waals surface area (Å²) in [6, 6.07) is 7.43. The number of hydrogen-bond donors (Lipinski definition) is 1. The van der Waals surface area contributed by atoms with E-state index >= 15 is 0 Å². The van der Waals surface area contributed by atoms with Crippen molar-refractivity contribution in [3.05, 3.63) is 69.7 Å². The van der Waals surface area contributed by atoms with Crippen molar-refractivity contribution in [2.45, 2.75) is 36.7 Å². The zero-order valence-electron chi connectivity index (χ0n) is 17.9. The van der Waals surface area contributed by atoms with Crippen molar-refractivity contribution in [3.63, 3.8) is 0 Å². The van der Waals surface area contributed by atoms with E-state index in [9.17, 15) is 17.6 Å². The number of benzene rings is 2. The van der Waals surface area contributed by atoms with E-state index in [4.69, 9.17) is 33.0 Å². The van der Waals surface area contributed by atoms with E-state index < -0.39 is 27.9 Å². The van der Waals surface area contributed by atoms with Crippen LogP contribution in [0.2, 0.25) is 10.0 Å². The van der Waals surface area contributed by atoms with Crippen LogP contribution in [0.3, 0.4) is 0 Å². The molecule has 1 aromatic heterocycles. The second-order valence-corrected chi connectivity index (χ2v) is 10.6. The van der Waals surface area contributed by atoms with E-state index in [2.05, 4.69) is 5.10 Å². The highest BCUT2D eigenvalue weighted by molar-refractivity contribution is 7.89. The fraction of sp³-hybridized carbons (Fsp3) is 0.273. The SMILES string of the molecule is CN([C@@H]1CCCc2c1cnn2CC(=O)O)S(=O)(=O)c1ccc(Oc2ccc(Cl)c(F)c2)c(Cl)c1. The molecular weight excluding hydrogens is 508 g/mol. The maximum Gasteiger partial charge on any atom is 0.325 e. The van der Waals surface area contributed by atoms with E-state index in [0.717, 1.165) is 11.8 Å². The Morgan fingerprint density at radius 1 is 1.26 bits per heavy atom. The van der Waals surface area contributed by atoms with Gasteiger partial charge in [0.25, 0.3) is 0 Å². The van der Waals surface area contributed by atoms with Gasteiger partial charge in [-0.25, -0.2) is 12.8 Å². The lowest BCUT2D eigenvalue weighted by Gasteiger charge is -2.31. The fourth-order valence-corrected chi connectivity index (χ4v) is 5.76. The third kappa shape index (κ3) is 4.76. The zero-order chi connectivity index (χ0) is 24.6. The maximum absolute atomic E-state index is 13.7. The number of halogens is 3. The monoisotopic (exact) mass is 527 g/mol. The van der Waals surface area contributed by atoms with E-state index in [1.54, 1.807) is 0 Å². The summed E-state index contributed by atoms with van der Waals surface area (Å²) in [5, 5.41) is 13.2.